The number of nitrogens with one attached hydrogen (secondary N) is 2. The number of hydrogen-bond donors (Lipinski definition) is 2. The van der Waals surface area contributed by atoms with Gasteiger partial charge in [0.1, 0.15) is 17.2 Å². The molecule has 4 rings (SSSR count). The number of halogens is 5. The van der Waals surface area contributed by atoms with Gasteiger partial charge in [0.05, 0.1) is 35.9 Å². The quantitative estimate of drug-likeness (QED) is 0.661. The molecule has 148 valence electrons. The predicted octanol–water partition coefficient (Wildman–Crippen LogP) is 3.22. The molecule has 1 saturated heterocycles. The maximum atomic E-state index is 12.8. The molecule has 0 spiro atoms. The van der Waals surface area contributed by atoms with Crippen molar-refractivity contribution >= 4 is 11.5 Å². The number of nitrogens with zero attached hydrogens (tertiary/aromatic N) is 4. The SMILES string of the molecule is FC(F)[C@@H]1C[C@@H](Nc2cncc(-c3cnc4cc(C(F)(F)F)ccn34)n2)CN1. The fraction of sp³-hybridized carbons (Fsp3) is 0.353. The van der Waals surface area contributed by atoms with Gasteiger partial charge in [-0.1, -0.05) is 0 Å². The highest BCUT2D eigenvalue weighted by molar-refractivity contribution is 5.61. The molecule has 3 aromatic rings. The highest BCUT2D eigenvalue weighted by Crippen LogP contribution is 2.30. The molecule has 6 nitrogen and oxygen atoms in total. The zero-order valence-electron chi connectivity index (χ0n) is 14.3. The predicted molar refractivity (Wildman–Crippen MR) is 91.0 cm³/mol. The number of pyridine rings is 1. The van der Waals surface area contributed by atoms with Gasteiger partial charge in [-0.2, -0.15) is 13.2 Å². The highest BCUT2D eigenvalue weighted by atomic mass is 19.4. The molecule has 2 N–H and O–H groups in total. The molecule has 0 aromatic carbocycles. The molecule has 0 unspecified atom stereocenters. The van der Waals surface area contributed by atoms with Crippen molar-refractivity contribution in [2.45, 2.75) is 31.1 Å². The molecule has 0 radical (unpaired) electrons. The average Bonchev–Trinajstić information content (AvgIpc) is 3.27. The molecule has 3 aromatic heterocycles. The number of fused-ring (bicyclic) bond motifs is 1. The lowest BCUT2D eigenvalue weighted by Crippen LogP contribution is -2.28. The van der Waals surface area contributed by atoms with Crippen LogP contribution in [-0.2, 0) is 6.18 Å². The lowest BCUT2D eigenvalue weighted by atomic mass is 10.2. The summed E-state index contributed by atoms with van der Waals surface area (Å²) in [6.07, 6.45) is -1.04. The van der Waals surface area contributed by atoms with E-state index in [2.05, 4.69) is 25.6 Å². The fourth-order valence-corrected chi connectivity index (χ4v) is 3.18. The van der Waals surface area contributed by atoms with Gasteiger partial charge in [0.25, 0.3) is 6.43 Å². The third kappa shape index (κ3) is 3.61. The first-order chi connectivity index (χ1) is 13.3. The van der Waals surface area contributed by atoms with E-state index < -0.39 is 24.2 Å². The van der Waals surface area contributed by atoms with E-state index >= 15 is 0 Å². The standard InChI is InChI=1S/C17H15F5N6/c18-16(19)11-4-10(5-24-11)26-14-8-23-6-12(27-14)13-7-25-15-3-9(17(20,21)22)1-2-28(13)15/h1-3,6-8,10-11,16,24H,4-5H2,(H,26,27)/t10-,11+/m1/s1. The van der Waals surface area contributed by atoms with Crippen molar-refractivity contribution in [3.63, 3.8) is 0 Å². The van der Waals surface area contributed by atoms with Gasteiger partial charge in [0.2, 0.25) is 0 Å². The first kappa shape index (κ1) is 18.5. The Morgan fingerprint density at radius 3 is 2.75 bits per heavy atom. The second kappa shape index (κ2) is 6.97. The van der Waals surface area contributed by atoms with Gasteiger partial charge in [0, 0.05) is 18.8 Å². The summed E-state index contributed by atoms with van der Waals surface area (Å²) in [6, 6.07) is 0.825. The van der Waals surface area contributed by atoms with Crippen LogP contribution in [0.15, 0.2) is 36.9 Å². The molecule has 1 aliphatic heterocycles. The van der Waals surface area contributed by atoms with E-state index in [1.54, 1.807) is 0 Å². The summed E-state index contributed by atoms with van der Waals surface area (Å²) in [5.41, 5.74) is 0.203. The maximum absolute atomic E-state index is 12.8. The molecular formula is C17H15F5N6. The minimum Gasteiger partial charge on any atom is -0.365 e. The zero-order valence-corrected chi connectivity index (χ0v) is 14.3. The molecule has 1 aliphatic rings. The minimum atomic E-state index is -4.46. The molecule has 28 heavy (non-hydrogen) atoms. The molecule has 1 fully saturated rings. The van der Waals surface area contributed by atoms with Crippen LogP contribution in [0.1, 0.15) is 12.0 Å². The Morgan fingerprint density at radius 1 is 1.21 bits per heavy atom. The monoisotopic (exact) mass is 398 g/mol. The van der Waals surface area contributed by atoms with Crippen molar-refractivity contribution in [2.24, 2.45) is 0 Å². The van der Waals surface area contributed by atoms with Crippen molar-refractivity contribution in [1.82, 2.24) is 24.7 Å². The van der Waals surface area contributed by atoms with E-state index in [1.165, 1.54) is 29.2 Å². The first-order valence-electron chi connectivity index (χ1n) is 8.46. The number of rotatable bonds is 4. The lowest BCUT2D eigenvalue weighted by Gasteiger charge is -2.13. The Morgan fingerprint density at radius 2 is 2.04 bits per heavy atom. The van der Waals surface area contributed by atoms with Gasteiger partial charge in [-0.05, 0) is 18.6 Å². The van der Waals surface area contributed by atoms with E-state index in [-0.39, 0.29) is 18.1 Å². The van der Waals surface area contributed by atoms with E-state index in [0.717, 1.165) is 12.1 Å². The van der Waals surface area contributed by atoms with Crippen molar-refractivity contribution in [1.29, 1.82) is 0 Å². The second-order valence-electron chi connectivity index (χ2n) is 6.50. The maximum Gasteiger partial charge on any atom is 0.416 e. The Kier molecular flexibility index (Phi) is 4.61. The van der Waals surface area contributed by atoms with Crippen LogP contribution in [0.4, 0.5) is 27.8 Å². The third-order valence-corrected chi connectivity index (χ3v) is 4.56. The van der Waals surface area contributed by atoms with Crippen LogP contribution < -0.4 is 10.6 Å². The van der Waals surface area contributed by atoms with Gasteiger partial charge < -0.3 is 10.6 Å². The van der Waals surface area contributed by atoms with E-state index in [0.29, 0.717) is 23.8 Å². The van der Waals surface area contributed by atoms with Crippen LogP contribution in [0.25, 0.3) is 17.0 Å². The third-order valence-electron chi connectivity index (χ3n) is 4.56. The van der Waals surface area contributed by atoms with Crippen LogP contribution in [0, 0.1) is 0 Å². The smallest absolute Gasteiger partial charge is 0.365 e. The molecule has 0 amide bonds. The van der Waals surface area contributed by atoms with E-state index in [9.17, 15) is 22.0 Å². The highest BCUT2D eigenvalue weighted by Gasteiger charge is 2.31. The molecule has 2 atom stereocenters. The average molecular weight is 398 g/mol. The van der Waals surface area contributed by atoms with Crippen LogP contribution >= 0.6 is 0 Å². The summed E-state index contributed by atoms with van der Waals surface area (Å²) in [7, 11) is 0. The van der Waals surface area contributed by atoms with E-state index in [1.807, 2.05) is 0 Å². The second-order valence-corrected chi connectivity index (χ2v) is 6.50. The number of hydrogen-bond acceptors (Lipinski definition) is 5. The van der Waals surface area contributed by atoms with Crippen molar-refractivity contribution < 1.29 is 22.0 Å². The summed E-state index contributed by atoms with van der Waals surface area (Å²) >= 11 is 0. The molecule has 0 saturated carbocycles. The molecular weight excluding hydrogens is 383 g/mol. The Hall–Kier alpha value is -2.82. The Bertz CT molecular complexity index is 986. The number of alkyl halides is 5. The number of aromatic nitrogens is 4. The zero-order chi connectivity index (χ0) is 19.9. The number of imidazole rings is 1. The summed E-state index contributed by atoms with van der Waals surface area (Å²) in [6.45, 7) is 0.372. The summed E-state index contributed by atoms with van der Waals surface area (Å²) < 4.78 is 65.5. The summed E-state index contributed by atoms with van der Waals surface area (Å²) in [5, 5.41) is 5.80. The van der Waals surface area contributed by atoms with Gasteiger partial charge in [-0.25, -0.2) is 18.7 Å². The summed E-state index contributed by atoms with van der Waals surface area (Å²) in [4.78, 5) is 12.5. The van der Waals surface area contributed by atoms with Gasteiger partial charge in [0.15, 0.2) is 0 Å². The number of anilines is 1. The van der Waals surface area contributed by atoms with Crippen molar-refractivity contribution in [2.75, 3.05) is 11.9 Å². The van der Waals surface area contributed by atoms with Crippen LogP contribution in [-0.4, -0.2) is 44.4 Å². The first-order valence-corrected chi connectivity index (χ1v) is 8.46. The van der Waals surface area contributed by atoms with Gasteiger partial charge >= 0.3 is 6.18 Å². The molecule has 11 heteroatoms. The molecule has 0 bridgehead atoms. The minimum absolute atomic E-state index is 0.129. The van der Waals surface area contributed by atoms with E-state index in [4.69, 9.17) is 0 Å². The van der Waals surface area contributed by atoms with Crippen LogP contribution in [0.3, 0.4) is 0 Å². The van der Waals surface area contributed by atoms with Crippen LogP contribution in [0.2, 0.25) is 0 Å². The topological polar surface area (TPSA) is 67.1 Å². The largest absolute Gasteiger partial charge is 0.416 e. The Labute approximate surface area is 155 Å². The normalized spacial score (nSPS) is 20.2. The molecule has 4 heterocycles. The lowest BCUT2D eigenvalue weighted by molar-refractivity contribution is -0.137. The summed E-state index contributed by atoms with van der Waals surface area (Å²) in [5.74, 6) is 0.390. The fourth-order valence-electron chi connectivity index (χ4n) is 3.18. The van der Waals surface area contributed by atoms with Crippen molar-refractivity contribution in [3.8, 4) is 11.4 Å². The Balaban J connectivity index is 1.58. The van der Waals surface area contributed by atoms with Crippen molar-refractivity contribution in [3.05, 3.63) is 42.5 Å². The van der Waals surface area contributed by atoms with Crippen LogP contribution in [0.5, 0.6) is 0 Å². The van der Waals surface area contributed by atoms with Gasteiger partial charge in [-0.15, -0.1) is 0 Å². The van der Waals surface area contributed by atoms with Gasteiger partial charge in [-0.3, -0.25) is 9.38 Å². The molecule has 0 aliphatic carbocycles.